The van der Waals surface area contributed by atoms with Crippen molar-refractivity contribution in [3.05, 3.63) is 71.4 Å². The summed E-state index contributed by atoms with van der Waals surface area (Å²) >= 11 is 0. The Kier molecular flexibility index (Phi) is 6.91. The lowest BCUT2D eigenvalue weighted by Gasteiger charge is -2.32. The summed E-state index contributed by atoms with van der Waals surface area (Å²) in [4.78, 5) is 37.9. The second-order valence-corrected chi connectivity index (χ2v) is 8.20. The number of aromatic amines is 1. The highest BCUT2D eigenvalue weighted by Gasteiger charge is 2.25. The number of carboxylic acid groups (broad SMARTS) is 1. The normalized spacial score (nSPS) is 14.0. The lowest BCUT2D eigenvalue weighted by atomic mass is 10.1. The zero-order valence-corrected chi connectivity index (χ0v) is 18.8. The number of hydrogen-bond acceptors (Lipinski definition) is 5. The SMILES string of the molecule is Cc1ccc(C(=O)O)cc1OC1CCN(C(=O)CNC(=O)c2cc(-c3ccccc3)n[nH]2)CC1. The summed E-state index contributed by atoms with van der Waals surface area (Å²) in [6, 6.07) is 16.0. The van der Waals surface area contributed by atoms with Gasteiger partial charge in [-0.25, -0.2) is 4.79 Å². The monoisotopic (exact) mass is 462 g/mol. The molecule has 0 bridgehead atoms. The molecule has 0 spiro atoms. The summed E-state index contributed by atoms with van der Waals surface area (Å²) in [5.41, 5.74) is 2.88. The first-order valence-corrected chi connectivity index (χ1v) is 11.1. The quantitative estimate of drug-likeness (QED) is 0.496. The molecule has 1 aliphatic heterocycles. The van der Waals surface area contributed by atoms with Crippen molar-refractivity contribution in [3.63, 3.8) is 0 Å². The van der Waals surface area contributed by atoms with E-state index in [9.17, 15) is 19.5 Å². The fraction of sp³-hybridized carbons (Fsp3) is 0.280. The molecule has 34 heavy (non-hydrogen) atoms. The van der Waals surface area contributed by atoms with Crippen LogP contribution in [0, 0.1) is 6.92 Å². The number of H-pyrrole nitrogens is 1. The number of carbonyl (C=O) groups is 3. The predicted octanol–water partition coefficient (Wildman–Crippen LogP) is 2.88. The molecule has 1 saturated heterocycles. The maximum absolute atomic E-state index is 12.6. The smallest absolute Gasteiger partial charge is 0.335 e. The van der Waals surface area contributed by atoms with E-state index in [4.69, 9.17) is 4.74 Å². The largest absolute Gasteiger partial charge is 0.490 e. The van der Waals surface area contributed by atoms with E-state index in [2.05, 4.69) is 15.5 Å². The van der Waals surface area contributed by atoms with Crippen LogP contribution >= 0.6 is 0 Å². The van der Waals surface area contributed by atoms with Crippen LogP contribution in [-0.2, 0) is 4.79 Å². The van der Waals surface area contributed by atoms with Gasteiger partial charge in [0.1, 0.15) is 17.5 Å². The van der Waals surface area contributed by atoms with E-state index in [1.807, 2.05) is 37.3 Å². The third kappa shape index (κ3) is 5.43. The van der Waals surface area contributed by atoms with Crippen LogP contribution in [0.3, 0.4) is 0 Å². The van der Waals surface area contributed by atoms with Gasteiger partial charge in [-0.3, -0.25) is 14.7 Å². The van der Waals surface area contributed by atoms with Crippen molar-refractivity contribution in [2.24, 2.45) is 0 Å². The molecule has 1 fully saturated rings. The zero-order valence-electron chi connectivity index (χ0n) is 18.8. The second kappa shape index (κ2) is 10.2. The number of nitrogens with zero attached hydrogens (tertiary/aromatic N) is 2. The number of carboxylic acids is 1. The number of nitrogens with one attached hydrogen (secondary N) is 2. The summed E-state index contributed by atoms with van der Waals surface area (Å²) in [7, 11) is 0. The average Bonchev–Trinajstić information content (AvgIpc) is 3.35. The molecule has 0 aliphatic carbocycles. The fourth-order valence-corrected chi connectivity index (χ4v) is 3.82. The zero-order chi connectivity index (χ0) is 24.1. The molecular formula is C25H26N4O5. The van der Waals surface area contributed by atoms with Gasteiger partial charge in [-0.2, -0.15) is 5.10 Å². The van der Waals surface area contributed by atoms with Crippen LogP contribution in [0.4, 0.5) is 0 Å². The van der Waals surface area contributed by atoms with Crippen molar-refractivity contribution < 1.29 is 24.2 Å². The van der Waals surface area contributed by atoms with Gasteiger partial charge in [0.2, 0.25) is 5.91 Å². The molecule has 9 nitrogen and oxygen atoms in total. The minimum atomic E-state index is -1.00. The summed E-state index contributed by atoms with van der Waals surface area (Å²) in [6.07, 6.45) is 1.14. The van der Waals surface area contributed by atoms with Gasteiger partial charge in [0.25, 0.3) is 5.91 Å². The highest BCUT2D eigenvalue weighted by molar-refractivity contribution is 5.95. The van der Waals surface area contributed by atoms with E-state index in [1.165, 1.54) is 6.07 Å². The topological polar surface area (TPSA) is 125 Å². The lowest BCUT2D eigenvalue weighted by Crippen LogP contribution is -2.46. The number of hydrogen-bond donors (Lipinski definition) is 3. The van der Waals surface area contributed by atoms with Crippen molar-refractivity contribution in [2.45, 2.75) is 25.9 Å². The van der Waals surface area contributed by atoms with E-state index in [0.29, 0.717) is 37.4 Å². The molecule has 2 amide bonds. The Labute approximate surface area is 196 Å². The maximum Gasteiger partial charge on any atom is 0.335 e. The molecule has 3 N–H and O–H groups in total. The van der Waals surface area contributed by atoms with Crippen molar-refractivity contribution >= 4 is 17.8 Å². The Morgan fingerprint density at radius 1 is 1.12 bits per heavy atom. The number of amides is 2. The van der Waals surface area contributed by atoms with Crippen LogP contribution in [-0.4, -0.2) is 63.7 Å². The molecule has 9 heteroatoms. The number of rotatable bonds is 7. The first-order valence-electron chi connectivity index (χ1n) is 11.1. The first kappa shape index (κ1) is 23.0. The van der Waals surface area contributed by atoms with Crippen molar-refractivity contribution in [3.8, 4) is 17.0 Å². The maximum atomic E-state index is 12.6. The van der Waals surface area contributed by atoms with Gasteiger partial charge in [-0.15, -0.1) is 0 Å². The summed E-state index contributed by atoms with van der Waals surface area (Å²) in [5, 5.41) is 18.7. The number of likely N-dealkylation sites (tertiary alicyclic amines) is 1. The van der Waals surface area contributed by atoms with Crippen molar-refractivity contribution in [1.29, 1.82) is 0 Å². The Balaban J connectivity index is 1.25. The van der Waals surface area contributed by atoms with Gasteiger partial charge in [0.15, 0.2) is 0 Å². The van der Waals surface area contributed by atoms with Gasteiger partial charge in [-0.05, 0) is 30.7 Å². The lowest BCUT2D eigenvalue weighted by molar-refractivity contribution is -0.131. The number of piperidine rings is 1. The molecule has 2 aromatic carbocycles. The average molecular weight is 463 g/mol. The van der Waals surface area contributed by atoms with Gasteiger partial charge < -0.3 is 20.1 Å². The predicted molar refractivity (Wildman–Crippen MR) is 125 cm³/mol. The highest BCUT2D eigenvalue weighted by Crippen LogP contribution is 2.24. The standard InChI is InChI=1S/C25H26N4O5/c1-16-7-8-18(25(32)33)13-22(16)34-19-9-11-29(12-10-19)23(30)15-26-24(31)21-14-20(27-28-21)17-5-3-2-4-6-17/h2-8,13-14,19H,9-12,15H2,1H3,(H,26,31)(H,27,28)(H,32,33). The highest BCUT2D eigenvalue weighted by atomic mass is 16.5. The van der Waals surface area contributed by atoms with Gasteiger partial charge >= 0.3 is 5.97 Å². The number of carbonyl (C=O) groups excluding carboxylic acids is 2. The molecule has 0 unspecified atom stereocenters. The minimum absolute atomic E-state index is 0.107. The van der Waals surface area contributed by atoms with E-state index >= 15 is 0 Å². The molecule has 1 aromatic heterocycles. The van der Waals surface area contributed by atoms with Crippen LogP contribution in [0.5, 0.6) is 5.75 Å². The molecule has 0 radical (unpaired) electrons. The van der Waals surface area contributed by atoms with Gasteiger partial charge in [0, 0.05) is 31.5 Å². The number of ether oxygens (including phenoxy) is 1. The van der Waals surface area contributed by atoms with Crippen molar-refractivity contribution in [1.82, 2.24) is 20.4 Å². The van der Waals surface area contributed by atoms with Gasteiger partial charge in [0.05, 0.1) is 17.8 Å². The Morgan fingerprint density at radius 3 is 2.56 bits per heavy atom. The molecule has 4 rings (SSSR count). The Hall–Kier alpha value is -4.14. The van der Waals surface area contributed by atoms with E-state index in [-0.39, 0.29) is 29.8 Å². The van der Waals surface area contributed by atoms with Crippen LogP contribution in [0.1, 0.15) is 39.3 Å². The molecule has 3 aromatic rings. The third-order valence-electron chi connectivity index (χ3n) is 5.82. The number of aromatic nitrogens is 2. The van der Waals surface area contributed by atoms with E-state index in [1.54, 1.807) is 23.1 Å². The number of aryl methyl sites for hydroxylation is 1. The summed E-state index contributed by atoms with van der Waals surface area (Å²) in [6.45, 7) is 2.76. The molecule has 2 heterocycles. The fourth-order valence-electron chi connectivity index (χ4n) is 3.82. The Morgan fingerprint density at radius 2 is 1.85 bits per heavy atom. The van der Waals surface area contributed by atoms with Crippen LogP contribution in [0.25, 0.3) is 11.3 Å². The van der Waals surface area contributed by atoms with Crippen LogP contribution < -0.4 is 10.1 Å². The third-order valence-corrected chi connectivity index (χ3v) is 5.82. The number of benzene rings is 2. The van der Waals surface area contributed by atoms with E-state index < -0.39 is 11.9 Å². The van der Waals surface area contributed by atoms with Gasteiger partial charge in [-0.1, -0.05) is 36.4 Å². The number of aromatic carboxylic acids is 1. The van der Waals surface area contributed by atoms with E-state index in [0.717, 1.165) is 11.1 Å². The molecule has 0 saturated carbocycles. The Bertz CT molecular complexity index is 1180. The second-order valence-electron chi connectivity index (χ2n) is 8.20. The molecule has 1 aliphatic rings. The van der Waals surface area contributed by atoms with Crippen molar-refractivity contribution in [2.75, 3.05) is 19.6 Å². The first-order chi connectivity index (χ1) is 16.4. The van der Waals surface area contributed by atoms with Crippen LogP contribution in [0.15, 0.2) is 54.6 Å². The minimum Gasteiger partial charge on any atom is -0.490 e. The molecule has 0 atom stereocenters. The summed E-state index contributed by atoms with van der Waals surface area (Å²) < 4.78 is 6.02. The molecular weight excluding hydrogens is 436 g/mol. The molecule has 176 valence electrons. The van der Waals surface area contributed by atoms with Crippen LogP contribution in [0.2, 0.25) is 0 Å². The summed E-state index contributed by atoms with van der Waals surface area (Å²) in [5.74, 6) is -1.02.